The lowest BCUT2D eigenvalue weighted by Gasteiger charge is -2.12. The molecule has 0 amide bonds. The fourth-order valence-corrected chi connectivity index (χ4v) is 2.71. The number of nitrogens with two attached hydrogens (primary N) is 1. The number of aromatic nitrogens is 4. The van der Waals surface area contributed by atoms with Gasteiger partial charge < -0.3 is 5.73 Å². The van der Waals surface area contributed by atoms with Crippen LogP contribution in [0.3, 0.4) is 0 Å². The van der Waals surface area contributed by atoms with Crippen LogP contribution in [-0.2, 0) is 0 Å². The van der Waals surface area contributed by atoms with Crippen molar-refractivity contribution in [2.45, 2.75) is 30.2 Å². The fourth-order valence-electron chi connectivity index (χ4n) is 1.66. The van der Waals surface area contributed by atoms with Gasteiger partial charge in [-0.1, -0.05) is 36.9 Å². The van der Waals surface area contributed by atoms with Crippen molar-refractivity contribution in [2.24, 2.45) is 5.73 Å². The highest BCUT2D eigenvalue weighted by molar-refractivity contribution is 7.99. The Labute approximate surface area is 111 Å². The van der Waals surface area contributed by atoms with Crippen LogP contribution >= 0.6 is 11.8 Å². The molecule has 1 atom stereocenters. The average Bonchev–Trinajstić information content (AvgIpc) is 2.87. The Balaban J connectivity index is 2.18. The number of tetrazole rings is 1. The maximum atomic E-state index is 5.61. The van der Waals surface area contributed by atoms with Crippen LogP contribution in [-0.4, -0.2) is 32.0 Å². The van der Waals surface area contributed by atoms with Crippen molar-refractivity contribution in [3.63, 3.8) is 0 Å². The monoisotopic (exact) mass is 263 g/mol. The predicted molar refractivity (Wildman–Crippen MR) is 72.8 cm³/mol. The molecule has 0 radical (unpaired) electrons. The maximum Gasteiger partial charge on any atom is 0.214 e. The zero-order chi connectivity index (χ0) is 12.8. The molecule has 2 aromatic rings. The van der Waals surface area contributed by atoms with Gasteiger partial charge >= 0.3 is 0 Å². The lowest BCUT2D eigenvalue weighted by Crippen LogP contribution is -2.11. The van der Waals surface area contributed by atoms with Gasteiger partial charge in [-0.2, -0.15) is 4.68 Å². The molecular weight excluding hydrogens is 246 g/mol. The standard InChI is InChI=1S/C12H17N5S/c1-2-11(8-9-13)18-12-14-15-16-17(12)10-6-4-3-5-7-10/h3-7,11H,2,8-9,13H2,1H3. The predicted octanol–water partition coefficient (Wildman–Crippen LogP) is 1.88. The number of hydrogen-bond acceptors (Lipinski definition) is 5. The lowest BCUT2D eigenvalue weighted by atomic mass is 10.2. The van der Waals surface area contributed by atoms with Gasteiger partial charge in [-0.3, -0.25) is 0 Å². The van der Waals surface area contributed by atoms with Crippen molar-refractivity contribution < 1.29 is 0 Å². The lowest BCUT2D eigenvalue weighted by molar-refractivity contribution is 0.727. The molecule has 5 nitrogen and oxygen atoms in total. The molecule has 1 aromatic heterocycles. The maximum absolute atomic E-state index is 5.61. The highest BCUT2D eigenvalue weighted by Gasteiger charge is 2.14. The van der Waals surface area contributed by atoms with Crippen molar-refractivity contribution in [3.05, 3.63) is 30.3 Å². The van der Waals surface area contributed by atoms with Crippen LogP contribution in [0.15, 0.2) is 35.5 Å². The second-order valence-electron chi connectivity index (χ2n) is 3.93. The van der Waals surface area contributed by atoms with Crippen molar-refractivity contribution >= 4 is 11.8 Å². The number of rotatable bonds is 6. The summed E-state index contributed by atoms with van der Waals surface area (Å²) >= 11 is 1.69. The summed E-state index contributed by atoms with van der Waals surface area (Å²) in [6.45, 7) is 2.85. The number of thioether (sulfide) groups is 1. The number of para-hydroxylation sites is 1. The van der Waals surface area contributed by atoms with E-state index in [0.717, 1.165) is 23.7 Å². The first kappa shape index (κ1) is 13.0. The summed E-state index contributed by atoms with van der Waals surface area (Å²) in [5.74, 6) is 0. The molecule has 2 rings (SSSR count). The van der Waals surface area contributed by atoms with E-state index in [0.29, 0.717) is 11.8 Å². The fraction of sp³-hybridized carbons (Fsp3) is 0.417. The normalized spacial score (nSPS) is 12.6. The summed E-state index contributed by atoms with van der Waals surface area (Å²) in [5, 5.41) is 13.2. The Kier molecular flexibility index (Phi) is 4.72. The molecule has 0 bridgehead atoms. The van der Waals surface area contributed by atoms with Gasteiger partial charge in [-0.25, -0.2) is 0 Å². The van der Waals surface area contributed by atoms with Gasteiger partial charge in [0.15, 0.2) is 0 Å². The summed E-state index contributed by atoms with van der Waals surface area (Å²) in [6, 6.07) is 9.91. The first-order chi connectivity index (χ1) is 8.85. The second-order valence-corrected chi connectivity index (χ2v) is 5.20. The van der Waals surface area contributed by atoms with Crippen molar-refractivity contribution in [2.75, 3.05) is 6.54 Å². The SMILES string of the molecule is CCC(CCN)Sc1nnnn1-c1ccccc1. The van der Waals surface area contributed by atoms with Crippen LogP contribution in [0.2, 0.25) is 0 Å². The van der Waals surface area contributed by atoms with Crippen molar-refractivity contribution in [3.8, 4) is 5.69 Å². The summed E-state index contributed by atoms with van der Waals surface area (Å²) < 4.78 is 1.77. The summed E-state index contributed by atoms with van der Waals surface area (Å²) in [4.78, 5) is 0. The van der Waals surface area contributed by atoms with Crippen molar-refractivity contribution in [1.82, 2.24) is 20.2 Å². The largest absolute Gasteiger partial charge is 0.330 e. The van der Waals surface area contributed by atoms with E-state index in [1.165, 1.54) is 0 Å². The molecular formula is C12H17N5S. The molecule has 0 fully saturated rings. The van der Waals surface area contributed by atoms with Gasteiger partial charge in [-0.05, 0) is 41.9 Å². The molecule has 0 aliphatic rings. The van der Waals surface area contributed by atoms with Gasteiger partial charge in [0.1, 0.15) is 0 Å². The Hall–Kier alpha value is -1.40. The Morgan fingerprint density at radius 3 is 2.78 bits per heavy atom. The molecule has 18 heavy (non-hydrogen) atoms. The molecule has 0 aliphatic carbocycles. The molecule has 1 unspecified atom stereocenters. The molecule has 96 valence electrons. The molecule has 0 saturated heterocycles. The zero-order valence-corrected chi connectivity index (χ0v) is 11.2. The van der Waals surface area contributed by atoms with E-state index < -0.39 is 0 Å². The van der Waals surface area contributed by atoms with Crippen LogP contribution in [0.4, 0.5) is 0 Å². The molecule has 1 aromatic carbocycles. The smallest absolute Gasteiger partial charge is 0.214 e. The Bertz CT molecular complexity index is 470. The minimum Gasteiger partial charge on any atom is -0.330 e. The van der Waals surface area contributed by atoms with E-state index in [4.69, 9.17) is 5.73 Å². The summed E-state index contributed by atoms with van der Waals surface area (Å²) in [6.07, 6.45) is 2.03. The van der Waals surface area contributed by atoms with Gasteiger partial charge in [0.25, 0.3) is 0 Å². The highest BCUT2D eigenvalue weighted by Crippen LogP contribution is 2.26. The highest BCUT2D eigenvalue weighted by atomic mass is 32.2. The van der Waals surface area contributed by atoms with E-state index in [-0.39, 0.29) is 0 Å². The van der Waals surface area contributed by atoms with Crippen LogP contribution in [0.25, 0.3) is 5.69 Å². The van der Waals surface area contributed by atoms with Crippen LogP contribution in [0.1, 0.15) is 19.8 Å². The van der Waals surface area contributed by atoms with Crippen LogP contribution in [0, 0.1) is 0 Å². The minimum atomic E-state index is 0.462. The first-order valence-electron chi connectivity index (χ1n) is 6.05. The van der Waals surface area contributed by atoms with Gasteiger partial charge in [-0.15, -0.1) is 5.10 Å². The third kappa shape index (κ3) is 3.08. The second kappa shape index (κ2) is 6.51. The third-order valence-corrected chi connectivity index (χ3v) is 4.03. The van der Waals surface area contributed by atoms with Crippen LogP contribution < -0.4 is 5.73 Å². The van der Waals surface area contributed by atoms with Crippen LogP contribution in [0.5, 0.6) is 0 Å². The number of nitrogens with zero attached hydrogens (tertiary/aromatic N) is 4. The van der Waals surface area contributed by atoms with E-state index in [1.807, 2.05) is 30.3 Å². The Morgan fingerprint density at radius 1 is 1.33 bits per heavy atom. The Morgan fingerprint density at radius 2 is 2.11 bits per heavy atom. The van der Waals surface area contributed by atoms with E-state index >= 15 is 0 Å². The minimum absolute atomic E-state index is 0.462. The molecule has 0 spiro atoms. The van der Waals surface area contributed by atoms with Crippen molar-refractivity contribution in [1.29, 1.82) is 0 Å². The number of benzene rings is 1. The zero-order valence-electron chi connectivity index (χ0n) is 10.4. The van der Waals surface area contributed by atoms with E-state index in [9.17, 15) is 0 Å². The van der Waals surface area contributed by atoms with Gasteiger partial charge in [0.2, 0.25) is 5.16 Å². The summed E-state index contributed by atoms with van der Waals surface area (Å²) in [7, 11) is 0. The van der Waals surface area contributed by atoms with E-state index in [2.05, 4.69) is 22.4 Å². The molecule has 0 saturated carbocycles. The molecule has 0 aliphatic heterocycles. The van der Waals surface area contributed by atoms with Gasteiger partial charge in [0, 0.05) is 5.25 Å². The summed E-state index contributed by atoms with van der Waals surface area (Å²) in [5.41, 5.74) is 6.59. The molecule has 2 N–H and O–H groups in total. The molecule has 6 heteroatoms. The molecule has 1 heterocycles. The quantitative estimate of drug-likeness (QED) is 0.806. The average molecular weight is 263 g/mol. The van der Waals surface area contributed by atoms with Gasteiger partial charge in [0.05, 0.1) is 5.69 Å². The third-order valence-electron chi connectivity index (χ3n) is 2.66. The number of hydrogen-bond donors (Lipinski definition) is 1. The van der Waals surface area contributed by atoms with E-state index in [1.54, 1.807) is 16.4 Å². The topological polar surface area (TPSA) is 69.6 Å². The first-order valence-corrected chi connectivity index (χ1v) is 6.93.